The van der Waals surface area contributed by atoms with Crippen molar-refractivity contribution in [2.45, 2.75) is 51.6 Å². The van der Waals surface area contributed by atoms with Crippen LogP contribution in [0.25, 0.3) is 0 Å². The van der Waals surface area contributed by atoms with Crippen molar-refractivity contribution in [3.8, 4) is 0 Å². The van der Waals surface area contributed by atoms with Gasteiger partial charge in [-0.15, -0.1) is 0 Å². The molecule has 0 unspecified atom stereocenters. The average molecular weight is 646 g/mol. The molecule has 4 aromatic rings. The maximum absolute atomic E-state index is 14.5. The van der Waals surface area contributed by atoms with Crippen molar-refractivity contribution in [3.05, 3.63) is 130 Å². The van der Waals surface area contributed by atoms with Crippen LogP contribution < -0.4 is 9.62 Å². The number of anilines is 1. The second-order valence-corrected chi connectivity index (χ2v) is 13.9. The van der Waals surface area contributed by atoms with Crippen LogP contribution in [0.5, 0.6) is 0 Å². The highest BCUT2D eigenvalue weighted by atomic mass is 35.5. The zero-order valence-electron chi connectivity index (χ0n) is 26.1. The van der Waals surface area contributed by atoms with Crippen LogP contribution in [0.2, 0.25) is 5.02 Å². The first-order chi connectivity index (χ1) is 21.5. The molecule has 45 heavy (non-hydrogen) atoms. The smallest absolute Gasteiger partial charge is 0.264 e. The number of halogens is 1. The Hall–Kier alpha value is -4.14. The van der Waals surface area contributed by atoms with Crippen LogP contribution in [0.4, 0.5) is 5.69 Å². The summed E-state index contributed by atoms with van der Waals surface area (Å²) in [5.74, 6) is -0.621. The van der Waals surface area contributed by atoms with Gasteiger partial charge in [-0.05, 0) is 60.7 Å². The Kier molecular flexibility index (Phi) is 11.4. The van der Waals surface area contributed by atoms with E-state index in [4.69, 9.17) is 11.6 Å². The number of benzene rings is 4. The topological polar surface area (TPSA) is 86.8 Å². The third-order valence-electron chi connectivity index (χ3n) is 7.48. The van der Waals surface area contributed by atoms with Crippen LogP contribution in [0.1, 0.15) is 36.1 Å². The molecule has 236 valence electrons. The van der Waals surface area contributed by atoms with Gasteiger partial charge in [0.2, 0.25) is 11.8 Å². The largest absolute Gasteiger partial charge is 0.354 e. The minimum atomic E-state index is -4.21. The third kappa shape index (κ3) is 8.96. The lowest BCUT2D eigenvalue weighted by molar-refractivity contribution is -0.140. The maximum atomic E-state index is 14.5. The fraction of sp³-hybridized carbons (Fsp3) is 0.278. The zero-order chi connectivity index (χ0) is 32.6. The molecule has 0 radical (unpaired) electrons. The molecule has 0 saturated carbocycles. The number of nitrogens with one attached hydrogen (secondary N) is 1. The number of sulfonamides is 1. The number of hydrogen-bond donors (Lipinski definition) is 1. The van der Waals surface area contributed by atoms with E-state index >= 15 is 0 Å². The lowest BCUT2D eigenvalue weighted by atomic mass is 10.0. The van der Waals surface area contributed by atoms with Crippen LogP contribution in [0, 0.1) is 19.8 Å². The Balaban J connectivity index is 1.81. The number of carbonyl (C=O) groups excluding carboxylic acids is 2. The molecule has 0 aliphatic rings. The molecule has 4 rings (SSSR count). The van der Waals surface area contributed by atoms with Gasteiger partial charge in [-0.1, -0.05) is 110 Å². The summed E-state index contributed by atoms with van der Waals surface area (Å²) in [7, 11) is -4.21. The molecule has 0 bridgehead atoms. The van der Waals surface area contributed by atoms with E-state index in [0.717, 1.165) is 21.0 Å². The lowest BCUT2D eigenvalue weighted by Crippen LogP contribution is -2.53. The maximum Gasteiger partial charge on any atom is 0.264 e. The van der Waals surface area contributed by atoms with E-state index in [1.54, 1.807) is 37.3 Å². The monoisotopic (exact) mass is 645 g/mol. The standard InChI is InChI=1S/C36H40ClN3O4S/c1-26(2)23-38-36(42)34(21-29-11-7-5-8-12-29)39(24-30-13-9-6-10-14-30)35(41)25-40(33-22-31(37)18-17-28(33)4)45(43,44)32-19-15-27(3)16-20-32/h5-20,22,26,34H,21,23-25H2,1-4H3,(H,38,42)/t34-/m0/s1. The normalized spacial score (nSPS) is 12.0. The molecule has 2 amide bonds. The Bertz CT molecular complexity index is 1700. The summed E-state index contributed by atoms with van der Waals surface area (Å²) in [6.45, 7) is 7.66. The molecule has 7 nitrogen and oxygen atoms in total. The molecule has 1 atom stereocenters. The summed E-state index contributed by atoms with van der Waals surface area (Å²) >= 11 is 6.36. The van der Waals surface area contributed by atoms with Gasteiger partial charge < -0.3 is 10.2 Å². The fourth-order valence-corrected chi connectivity index (χ4v) is 6.60. The van der Waals surface area contributed by atoms with E-state index in [1.807, 2.05) is 81.4 Å². The van der Waals surface area contributed by atoms with E-state index in [-0.39, 0.29) is 29.7 Å². The number of rotatable bonds is 13. The molecular weight excluding hydrogens is 606 g/mol. The Morgan fingerprint density at radius 1 is 0.822 bits per heavy atom. The fourth-order valence-electron chi connectivity index (χ4n) is 4.96. The molecule has 0 saturated heterocycles. The van der Waals surface area contributed by atoms with Crippen LogP contribution in [-0.2, 0) is 32.6 Å². The van der Waals surface area contributed by atoms with Gasteiger partial charge in [-0.2, -0.15) is 0 Å². The van der Waals surface area contributed by atoms with Crippen molar-refractivity contribution in [2.24, 2.45) is 5.92 Å². The highest BCUT2D eigenvalue weighted by Crippen LogP contribution is 2.30. The first-order valence-electron chi connectivity index (χ1n) is 15.0. The Morgan fingerprint density at radius 2 is 1.42 bits per heavy atom. The second-order valence-electron chi connectivity index (χ2n) is 11.6. The van der Waals surface area contributed by atoms with Crippen molar-refractivity contribution in [2.75, 3.05) is 17.4 Å². The second kappa shape index (κ2) is 15.2. The van der Waals surface area contributed by atoms with E-state index < -0.39 is 28.5 Å². The summed E-state index contributed by atoms with van der Waals surface area (Å²) in [5, 5.41) is 3.34. The Morgan fingerprint density at radius 3 is 2.02 bits per heavy atom. The zero-order valence-corrected chi connectivity index (χ0v) is 27.7. The quantitative estimate of drug-likeness (QED) is 0.178. The highest BCUT2D eigenvalue weighted by Gasteiger charge is 2.35. The molecule has 1 N–H and O–H groups in total. The predicted octanol–water partition coefficient (Wildman–Crippen LogP) is 6.56. The molecule has 0 fully saturated rings. The van der Waals surface area contributed by atoms with Crippen molar-refractivity contribution >= 4 is 39.1 Å². The van der Waals surface area contributed by atoms with E-state index in [0.29, 0.717) is 22.8 Å². The molecule has 4 aromatic carbocycles. The summed E-state index contributed by atoms with van der Waals surface area (Å²) < 4.78 is 29.6. The Labute approximate surface area is 271 Å². The van der Waals surface area contributed by atoms with Crippen molar-refractivity contribution in [1.29, 1.82) is 0 Å². The number of carbonyl (C=O) groups is 2. The predicted molar refractivity (Wildman–Crippen MR) is 181 cm³/mol. The van der Waals surface area contributed by atoms with Crippen LogP contribution >= 0.6 is 11.6 Å². The highest BCUT2D eigenvalue weighted by molar-refractivity contribution is 7.92. The first-order valence-corrected chi connectivity index (χ1v) is 16.8. The lowest BCUT2D eigenvalue weighted by Gasteiger charge is -2.34. The van der Waals surface area contributed by atoms with Gasteiger partial charge in [-0.25, -0.2) is 8.42 Å². The molecule has 9 heteroatoms. The van der Waals surface area contributed by atoms with Crippen LogP contribution in [0.3, 0.4) is 0 Å². The van der Waals surface area contributed by atoms with Gasteiger partial charge in [-0.3, -0.25) is 13.9 Å². The van der Waals surface area contributed by atoms with E-state index in [9.17, 15) is 18.0 Å². The van der Waals surface area contributed by atoms with Gasteiger partial charge in [0.25, 0.3) is 10.0 Å². The van der Waals surface area contributed by atoms with Crippen molar-refractivity contribution in [3.63, 3.8) is 0 Å². The molecule has 0 spiro atoms. The SMILES string of the molecule is Cc1ccc(S(=O)(=O)N(CC(=O)N(Cc2ccccc2)[C@@H](Cc2ccccc2)C(=O)NCC(C)C)c2cc(Cl)ccc2C)cc1. The molecule has 0 aromatic heterocycles. The average Bonchev–Trinajstić information content (AvgIpc) is 3.02. The summed E-state index contributed by atoms with van der Waals surface area (Å²) in [6, 6.07) is 29.4. The minimum absolute atomic E-state index is 0.0467. The number of amides is 2. The van der Waals surface area contributed by atoms with Gasteiger partial charge in [0.05, 0.1) is 10.6 Å². The molecule has 0 aliphatic heterocycles. The van der Waals surface area contributed by atoms with Crippen molar-refractivity contribution < 1.29 is 18.0 Å². The third-order valence-corrected chi connectivity index (χ3v) is 9.49. The van der Waals surface area contributed by atoms with Crippen molar-refractivity contribution in [1.82, 2.24) is 10.2 Å². The number of aryl methyl sites for hydroxylation is 2. The number of hydrogen-bond acceptors (Lipinski definition) is 4. The molecular formula is C36H40ClN3O4S. The first kappa shape index (κ1) is 33.7. The van der Waals surface area contributed by atoms with Gasteiger partial charge in [0.15, 0.2) is 0 Å². The number of nitrogens with zero attached hydrogens (tertiary/aromatic N) is 2. The van der Waals surface area contributed by atoms with Gasteiger partial charge in [0.1, 0.15) is 12.6 Å². The summed E-state index contributed by atoms with van der Waals surface area (Å²) in [4.78, 5) is 29.9. The van der Waals surface area contributed by atoms with E-state index in [2.05, 4.69) is 5.32 Å². The summed E-state index contributed by atoms with van der Waals surface area (Å²) in [5.41, 5.74) is 3.52. The van der Waals surface area contributed by atoms with E-state index in [1.165, 1.54) is 17.0 Å². The molecule has 0 heterocycles. The van der Waals surface area contributed by atoms with Crippen LogP contribution in [0.15, 0.2) is 108 Å². The van der Waals surface area contributed by atoms with Gasteiger partial charge >= 0.3 is 0 Å². The minimum Gasteiger partial charge on any atom is -0.354 e. The van der Waals surface area contributed by atoms with Crippen LogP contribution in [-0.4, -0.2) is 44.3 Å². The summed E-state index contributed by atoms with van der Waals surface area (Å²) in [6.07, 6.45) is 0.254. The molecule has 0 aliphatic carbocycles. The van der Waals surface area contributed by atoms with Gasteiger partial charge in [0, 0.05) is 24.5 Å².